The zero-order chi connectivity index (χ0) is 27.6. The number of hydrogen-bond acceptors (Lipinski definition) is 7. The monoisotopic (exact) mass is 614 g/mol. The Morgan fingerprint density at radius 2 is 2.02 bits per heavy atom. The minimum absolute atomic E-state index is 0.324. The average Bonchev–Trinajstić information content (AvgIpc) is 3.78. The normalized spacial score (nSPS) is 11.9. The first-order chi connectivity index (χ1) is 19.5. The van der Waals surface area contributed by atoms with E-state index in [9.17, 15) is 9.90 Å². The first-order valence-corrected chi connectivity index (χ1v) is 14.2. The highest BCUT2D eigenvalue weighted by molar-refractivity contribution is 9.10. The molecule has 4 aromatic heterocycles. The van der Waals surface area contributed by atoms with E-state index in [1.165, 1.54) is 0 Å². The molecule has 0 fully saturated rings. The van der Waals surface area contributed by atoms with Crippen LogP contribution in [0.25, 0.3) is 39.8 Å². The summed E-state index contributed by atoms with van der Waals surface area (Å²) in [4.78, 5) is 17.6. The van der Waals surface area contributed by atoms with Crippen molar-refractivity contribution in [2.24, 2.45) is 0 Å². The average molecular weight is 616 g/mol. The maximum absolute atomic E-state index is 12.1. The van der Waals surface area contributed by atoms with E-state index in [1.54, 1.807) is 23.6 Å². The van der Waals surface area contributed by atoms with Gasteiger partial charge in [-0.05, 0) is 61.6 Å². The summed E-state index contributed by atoms with van der Waals surface area (Å²) in [6.07, 6.45) is 4.56. The van der Waals surface area contributed by atoms with Crippen LogP contribution in [0.5, 0.6) is 0 Å². The molecule has 9 nitrogen and oxygen atoms in total. The maximum Gasteiger partial charge on any atom is 0.332 e. The molecule has 0 aliphatic heterocycles. The van der Waals surface area contributed by atoms with Gasteiger partial charge in [-0.2, -0.15) is 0 Å². The molecular formula is C29H23BrN6O3S. The van der Waals surface area contributed by atoms with Gasteiger partial charge in [-0.25, -0.2) is 14.9 Å². The molecule has 0 aliphatic rings. The molecule has 0 unspecified atom stereocenters. The summed E-state index contributed by atoms with van der Waals surface area (Å²) < 4.78 is 9.19. The molecule has 0 saturated heterocycles. The van der Waals surface area contributed by atoms with Crippen LogP contribution in [0.15, 0.2) is 80.6 Å². The van der Waals surface area contributed by atoms with Gasteiger partial charge in [-0.15, -0.1) is 16.4 Å². The number of carboxylic acid groups (broad SMARTS) is 1. The van der Waals surface area contributed by atoms with Crippen LogP contribution in [0.4, 0.5) is 0 Å². The summed E-state index contributed by atoms with van der Waals surface area (Å²) >= 11 is 5.32. The van der Waals surface area contributed by atoms with Crippen molar-refractivity contribution in [2.45, 2.75) is 26.3 Å². The molecule has 0 aliphatic carbocycles. The number of thiophene rings is 1. The molecule has 6 aromatic rings. The Balaban J connectivity index is 1.36. The van der Waals surface area contributed by atoms with Gasteiger partial charge in [0.1, 0.15) is 17.2 Å². The minimum atomic E-state index is -0.933. The molecule has 40 heavy (non-hydrogen) atoms. The van der Waals surface area contributed by atoms with Crippen molar-refractivity contribution in [2.75, 3.05) is 0 Å². The number of carbonyl (C=O) groups is 1. The maximum atomic E-state index is 12.1. The number of halogens is 1. The summed E-state index contributed by atoms with van der Waals surface area (Å²) in [5.74, 6) is 1.18. The van der Waals surface area contributed by atoms with Crippen molar-refractivity contribution in [3.05, 3.63) is 98.2 Å². The number of benzene rings is 2. The lowest BCUT2D eigenvalue weighted by Gasteiger charge is -2.11. The highest BCUT2D eigenvalue weighted by Gasteiger charge is 2.20. The van der Waals surface area contributed by atoms with Crippen molar-refractivity contribution in [1.29, 1.82) is 0 Å². The van der Waals surface area contributed by atoms with Crippen molar-refractivity contribution in [3.8, 4) is 22.7 Å². The van der Waals surface area contributed by atoms with Gasteiger partial charge >= 0.3 is 5.97 Å². The van der Waals surface area contributed by atoms with Gasteiger partial charge in [0.15, 0.2) is 5.82 Å². The smallest absolute Gasteiger partial charge is 0.332 e. The van der Waals surface area contributed by atoms with E-state index >= 15 is 0 Å². The zero-order valence-electron chi connectivity index (χ0n) is 21.3. The van der Waals surface area contributed by atoms with Crippen molar-refractivity contribution in [3.63, 3.8) is 0 Å². The van der Waals surface area contributed by atoms with Crippen LogP contribution in [0, 0.1) is 0 Å². The van der Waals surface area contributed by atoms with Crippen LogP contribution in [-0.4, -0.2) is 41.3 Å². The van der Waals surface area contributed by atoms with Gasteiger partial charge in [0, 0.05) is 46.3 Å². The highest BCUT2D eigenvalue weighted by Crippen LogP contribution is 2.41. The largest absolute Gasteiger partial charge is 0.478 e. The molecule has 11 heteroatoms. The van der Waals surface area contributed by atoms with Crippen molar-refractivity contribution < 1.29 is 14.3 Å². The quantitative estimate of drug-likeness (QED) is 0.175. The summed E-state index contributed by atoms with van der Waals surface area (Å²) in [5.41, 5.74) is 4.53. The molecule has 6 rings (SSSR count). The highest BCUT2D eigenvalue weighted by atomic mass is 79.9. The molecule has 0 saturated carbocycles. The Labute approximate surface area is 241 Å². The molecule has 2 aromatic carbocycles. The summed E-state index contributed by atoms with van der Waals surface area (Å²) in [5, 5.41) is 27.1. The van der Waals surface area contributed by atoms with E-state index in [0.29, 0.717) is 30.1 Å². The van der Waals surface area contributed by atoms with Crippen LogP contribution in [0.2, 0.25) is 0 Å². The number of rotatable bonds is 9. The van der Waals surface area contributed by atoms with E-state index in [4.69, 9.17) is 4.42 Å². The number of H-pyrrole nitrogens is 1. The fourth-order valence-corrected chi connectivity index (χ4v) is 6.04. The first-order valence-electron chi connectivity index (χ1n) is 12.6. The molecule has 0 atom stereocenters. The fourth-order valence-electron chi connectivity index (χ4n) is 4.71. The van der Waals surface area contributed by atoms with E-state index in [1.807, 2.05) is 60.8 Å². The van der Waals surface area contributed by atoms with Crippen molar-refractivity contribution in [1.82, 2.24) is 30.2 Å². The number of carboxylic acids is 1. The predicted molar refractivity (Wildman–Crippen MR) is 157 cm³/mol. The number of imidazole rings is 1. The third-order valence-corrected chi connectivity index (χ3v) is 8.30. The third-order valence-electron chi connectivity index (χ3n) is 6.63. The van der Waals surface area contributed by atoms with Crippen molar-refractivity contribution >= 4 is 50.3 Å². The SMILES string of the molecule is CCc1ncc(C=C(Cc2cccs2)C(=O)O)n1Cc1ccc2oc(-c3ccccc3-c3nnn[nH]3)c(Br)c2c1. The molecule has 4 heterocycles. The molecule has 0 radical (unpaired) electrons. The predicted octanol–water partition coefficient (Wildman–Crippen LogP) is 6.62. The molecule has 0 bridgehead atoms. The standard InChI is InChI=1S/C29H23BrN6O3S/c1-2-25-31-15-19(13-18(29(37)38)14-20-6-5-11-40-20)36(25)16-17-9-10-24-23(12-17)26(30)27(39-24)21-7-3-4-8-22(21)28-32-34-35-33-28/h3-13,15H,2,14,16H2,1H3,(H,37,38)(H,32,33,34,35). The summed E-state index contributed by atoms with van der Waals surface area (Å²) in [7, 11) is 0. The number of aromatic amines is 1. The number of nitrogens with one attached hydrogen (secondary N) is 1. The fraction of sp³-hybridized carbons (Fsp3) is 0.138. The van der Waals surface area contributed by atoms with E-state index in [-0.39, 0.29) is 0 Å². The lowest BCUT2D eigenvalue weighted by atomic mass is 10.0. The van der Waals surface area contributed by atoms with Crippen LogP contribution in [0.1, 0.15) is 28.9 Å². The van der Waals surface area contributed by atoms with Gasteiger partial charge in [-0.1, -0.05) is 43.3 Å². The number of tetrazole rings is 1. The van der Waals surface area contributed by atoms with Gasteiger partial charge in [0.25, 0.3) is 0 Å². The van der Waals surface area contributed by atoms with Crippen LogP contribution in [-0.2, 0) is 24.2 Å². The summed E-state index contributed by atoms with van der Waals surface area (Å²) in [6, 6.07) is 17.7. The molecule has 0 amide bonds. The molecular weight excluding hydrogens is 592 g/mol. The number of aryl methyl sites for hydroxylation is 1. The van der Waals surface area contributed by atoms with E-state index in [2.05, 4.69) is 52.2 Å². The molecule has 2 N–H and O–H groups in total. The Bertz CT molecular complexity index is 1840. The number of nitrogens with zero attached hydrogens (tertiary/aromatic N) is 5. The molecule has 200 valence electrons. The number of fused-ring (bicyclic) bond motifs is 1. The Morgan fingerprint density at radius 3 is 2.75 bits per heavy atom. The second-order valence-corrected chi connectivity index (χ2v) is 11.0. The number of aliphatic carboxylic acids is 1. The lowest BCUT2D eigenvalue weighted by Crippen LogP contribution is -2.08. The number of aromatic nitrogens is 6. The molecule has 0 spiro atoms. The van der Waals surface area contributed by atoms with Gasteiger partial charge < -0.3 is 14.1 Å². The second-order valence-electron chi connectivity index (χ2n) is 9.14. The first kappa shape index (κ1) is 25.9. The number of hydrogen-bond donors (Lipinski definition) is 2. The second kappa shape index (κ2) is 11.0. The van der Waals surface area contributed by atoms with Gasteiger partial charge in [0.05, 0.1) is 16.4 Å². The summed E-state index contributed by atoms with van der Waals surface area (Å²) in [6.45, 7) is 2.57. The third kappa shape index (κ3) is 5.01. The van der Waals surface area contributed by atoms with Crippen LogP contribution in [0.3, 0.4) is 0 Å². The Hall–Kier alpha value is -4.35. The van der Waals surface area contributed by atoms with E-state index < -0.39 is 5.97 Å². The van der Waals surface area contributed by atoms with Crippen LogP contribution < -0.4 is 0 Å². The van der Waals surface area contributed by atoms with E-state index in [0.717, 1.165) is 54.9 Å². The zero-order valence-corrected chi connectivity index (χ0v) is 23.7. The number of furan rings is 1. The Kier molecular flexibility index (Phi) is 7.14. The Morgan fingerprint density at radius 1 is 1.18 bits per heavy atom. The van der Waals surface area contributed by atoms with Gasteiger partial charge in [-0.3, -0.25) is 0 Å². The topological polar surface area (TPSA) is 123 Å². The minimum Gasteiger partial charge on any atom is -0.478 e. The van der Waals surface area contributed by atoms with Crippen LogP contribution >= 0.6 is 27.3 Å². The lowest BCUT2D eigenvalue weighted by molar-refractivity contribution is -0.132. The van der Waals surface area contributed by atoms with Gasteiger partial charge in [0.2, 0.25) is 0 Å².